The number of halogens is 2. The van der Waals surface area contributed by atoms with Crippen molar-refractivity contribution in [2.24, 2.45) is 0 Å². The number of anilines is 1. The van der Waals surface area contributed by atoms with Crippen molar-refractivity contribution in [2.75, 3.05) is 12.4 Å². The van der Waals surface area contributed by atoms with Crippen LogP contribution < -0.4 is 14.8 Å². The van der Waals surface area contributed by atoms with Crippen LogP contribution in [0.3, 0.4) is 0 Å². The topological polar surface area (TPSA) is 47.6 Å². The largest absolute Gasteiger partial charge is 0.493 e. The Labute approximate surface area is 133 Å². The monoisotopic (exact) mass is 321 g/mol. The number of methoxy groups -OCH3 is 1. The van der Waals surface area contributed by atoms with Crippen LogP contribution in [0.1, 0.15) is 22.8 Å². The molecule has 0 aliphatic carbocycles. The third-order valence-corrected chi connectivity index (χ3v) is 3.23. The lowest BCUT2D eigenvalue weighted by molar-refractivity contribution is -0.0512. The van der Waals surface area contributed by atoms with E-state index in [-0.39, 0.29) is 23.0 Å². The van der Waals surface area contributed by atoms with Crippen LogP contribution in [0, 0.1) is 0 Å². The second-order valence-electron chi connectivity index (χ2n) is 4.75. The third-order valence-electron chi connectivity index (χ3n) is 3.23. The number of rotatable bonds is 6. The molecule has 1 amide bonds. The van der Waals surface area contributed by atoms with Gasteiger partial charge in [-0.25, -0.2) is 0 Å². The average Bonchev–Trinajstić information content (AvgIpc) is 2.54. The van der Waals surface area contributed by atoms with Crippen LogP contribution in [0.5, 0.6) is 11.5 Å². The summed E-state index contributed by atoms with van der Waals surface area (Å²) < 4.78 is 33.9. The lowest BCUT2D eigenvalue weighted by atomic mass is 10.1. The minimum absolute atomic E-state index is 0.0697. The number of carbonyl (C=O) groups excluding carboxylic acids is 1. The van der Waals surface area contributed by atoms with E-state index in [4.69, 9.17) is 4.74 Å². The number of benzene rings is 2. The Morgan fingerprint density at radius 3 is 2.61 bits per heavy atom. The van der Waals surface area contributed by atoms with E-state index < -0.39 is 6.61 Å². The summed E-state index contributed by atoms with van der Waals surface area (Å²) >= 11 is 0. The zero-order chi connectivity index (χ0) is 16.8. The van der Waals surface area contributed by atoms with E-state index in [9.17, 15) is 13.6 Å². The summed E-state index contributed by atoms with van der Waals surface area (Å²) in [4.78, 5) is 12.3. The van der Waals surface area contributed by atoms with Crippen LogP contribution in [-0.4, -0.2) is 19.6 Å². The van der Waals surface area contributed by atoms with E-state index in [2.05, 4.69) is 10.1 Å². The molecule has 0 aromatic heterocycles. The van der Waals surface area contributed by atoms with Crippen molar-refractivity contribution in [3.63, 3.8) is 0 Å². The van der Waals surface area contributed by atoms with Gasteiger partial charge in [0.25, 0.3) is 5.91 Å². The molecule has 0 radical (unpaired) electrons. The van der Waals surface area contributed by atoms with Crippen molar-refractivity contribution in [1.82, 2.24) is 0 Å². The van der Waals surface area contributed by atoms with E-state index >= 15 is 0 Å². The molecule has 23 heavy (non-hydrogen) atoms. The van der Waals surface area contributed by atoms with E-state index in [0.29, 0.717) is 5.69 Å². The van der Waals surface area contributed by atoms with Gasteiger partial charge in [-0.1, -0.05) is 19.1 Å². The highest BCUT2D eigenvalue weighted by molar-refractivity contribution is 6.04. The van der Waals surface area contributed by atoms with Gasteiger partial charge < -0.3 is 14.8 Å². The first-order valence-corrected chi connectivity index (χ1v) is 7.06. The molecule has 0 bridgehead atoms. The summed E-state index contributed by atoms with van der Waals surface area (Å²) in [5.74, 6) is -0.410. The second-order valence-corrected chi connectivity index (χ2v) is 4.75. The summed E-state index contributed by atoms with van der Waals surface area (Å²) in [6.07, 6.45) is 0.858. The van der Waals surface area contributed by atoms with Crippen molar-refractivity contribution in [2.45, 2.75) is 20.0 Å². The van der Waals surface area contributed by atoms with Crippen molar-refractivity contribution in [3.05, 3.63) is 53.6 Å². The molecular formula is C17H17F2NO3. The Morgan fingerprint density at radius 2 is 1.96 bits per heavy atom. The summed E-state index contributed by atoms with van der Waals surface area (Å²) in [5, 5.41) is 2.76. The van der Waals surface area contributed by atoms with E-state index in [1.54, 1.807) is 6.07 Å². The number of aryl methyl sites for hydroxylation is 1. The van der Waals surface area contributed by atoms with Gasteiger partial charge in [0.1, 0.15) is 0 Å². The third kappa shape index (κ3) is 4.42. The predicted molar refractivity (Wildman–Crippen MR) is 83.4 cm³/mol. The predicted octanol–water partition coefficient (Wildman–Crippen LogP) is 4.11. The molecule has 6 heteroatoms. The highest BCUT2D eigenvalue weighted by Gasteiger charge is 2.14. The second kappa shape index (κ2) is 7.58. The van der Waals surface area contributed by atoms with Gasteiger partial charge >= 0.3 is 6.61 Å². The Bertz CT molecular complexity index is 689. The first-order chi connectivity index (χ1) is 11.0. The molecule has 0 saturated heterocycles. The van der Waals surface area contributed by atoms with E-state index in [1.807, 2.05) is 25.1 Å². The fourth-order valence-corrected chi connectivity index (χ4v) is 2.07. The van der Waals surface area contributed by atoms with Crippen LogP contribution in [0.25, 0.3) is 0 Å². The Balaban J connectivity index is 2.18. The highest BCUT2D eigenvalue weighted by atomic mass is 19.3. The van der Waals surface area contributed by atoms with Gasteiger partial charge in [-0.2, -0.15) is 8.78 Å². The number of amides is 1. The van der Waals surface area contributed by atoms with Crippen molar-refractivity contribution < 1.29 is 23.0 Å². The maximum absolute atomic E-state index is 12.3. The molecule has 4 nitrogen and oxygen atoms in total. The number of hydrogen-bond donors (Lipinski definition) is 1. The van der Waals surface area contributed by atoms with Crippen molar-refractivity contribution in [3.8, 4) is 11.5 Å². The molecule has 122 valence electrons. The smallest absolute Gasteiger partial charge is 0.387 e. The van der Waals surface area contributed by atoms with Crippen molar-refractivity contribution >= 4 is 11.6 Å². The molecule has 0 spiro atoms. The first-order valence-electron chi connectivity index (χ1n) is 7.06. The highest BCUT2D eigenvalue weighted by Crippen LogP contribution is 2.29. The number of hydrogen-bond acceptors (Lipinski definition) is 3. The molecule has 0 fully saturated rings. The fourth-order valence-electron chi connectivity index (χ4n) is 2.07. The SMILES string of the molecule is CCc1cccc(NC(=O)c2ccc(OC(F)F)c(OC)c2)c1. The zero-order valence-electron chi connectivity index (χ0n) is 12.8. The van der Waals surface area contributed by atoms with Gasteiger partial charge in [-0.15, -0.1) is 0 Å². The maximum Gasteiger partial charge on any atom is 0.387 e. The molecule has 2 rings (SSSR count). The van der Waals surface area contributed by atoms with Gasteiger partial charge in [-0.05, 0) is 42.3 Å². The van der Waals surface area contributed by atoms with Crippen LogP contribution in [0.15, 0.2) is 42.5 Å². The number of alkyl halides is 2. The summed E-state index contributed by atoms with van der Waals surface area (Å²) in [5.41, 5.74) is 2.05. The molecule has 0 heterocycles. The molecule has 0 aliphatic heterocycles. The van der Waals surface area contributed by atoms with Crippen LogP contribution >= 0.6 is 0 Å². The molecule has 0 aliphatic rings. The number of ether oxygens (including phenoxy) is 2. The summed E-state index contributed by atoms with van der Waals surface area (Å²) in [6, 6.07) is 11.5. The maximum atomic E-state index is 12.3. The molecular weight excluding hydrogens is 304 g/mol. The summed E-state index contributed by atoms with van der Waals surface area (Å²) in [6.45, 7) is -0.937. The average molecular weight is 321 g/mol. The molecule has 0 unspecified atom stereocenters. The molecule has 2 aromatic carbocycles. The Kier molecular flexibility index (Phi) is 5.51. The van der Waals surface area contributed by atoms with E-state index in [1.165, 1.54) is 25.3 Å². The summed E-state index contributed by atoms with van der Waals surface area (Å²) in [7, 11) is 1.32. The van der Waals surface area contributed by atoms with Gasteiger partial charge in [-0.3, -0.25) is 4.79 Å². The lowest BCUT2D eigenvalue weighted by Crippen LogP contribution is -2.12. The number of nitrogens with one attached hydrogen (secondary N) is 1. The first kappa shape index (κ1) is 16.7. The normalized spacial score (nSPS) is 10.5. The molecule has 1 N–H and O–H groups in total. The standard InChI is InChI=1S/C17H17F2NO3/c1-3-11-5-4-6-13(9-11)20-16(21)12-7-8-14(23-17(18)19)15(10-12)22-2/h4-10,17H,3H2,1-2H3,(H,20,21). The van der Waals surface area contributed by atoms with Gasteiger partial charge in [0.05, 0.1) is 7.11 Å². The van der Waals surface area contributed by atoms with Crippen LogP contribution in [0.4, 0.5) is 14.5 Å². The van der Waals surface area contributed by atoms with Gasteiger partial charge in [0, 0.05) is 11.3 Å². The quantitative estimate of drug-likeness (QED) is 0.871. The molecule has 0 saturated carbocycles. The lowest BCUT2D eigenvalue weighted by Gasteiger charge is -2.12. The molecule has 0 atom stereocenters. The van der Waals surface area contributed by atoms with Gasteiger partial charge in [0.15, 0.2) is 11.5 Å². The zero-order valence-corrected chi connectivity index (χ0v) is 12.8. The Morgan fingerprint density at radius 1 is 1.17 bits per heavy atom. The van der Waals surface area contributed by atoms with Crippen LogP contribution in [-0.2, 0) is 6.42 Å². The van der Waals surface area contributed by atoms with E-state index in [0.717, 1.165) is 12.0 Å². The Hall–Kier alpha value is -2.63. The minimum Gasteiger partial charge on any atom is -0.493 e. The fraction of sp³-hybridized carbons (Fsp3) is 0.235. The van der Waals surface area contributed by atoms with Gasteiger partial charge in [0.2, 0.25) is 0 Å². The number of carbonyl (C=O) groups is 1. The van der Waals surface area contributed by atoms with Crippen molar-refractivity contribution in [1.29, 1.82) is 0 Å². The minimum atomic E-state index is -2.96. The molecule has 2 aromatic rings. The van der Waals surface area contributed by atoms with Crippen LogP contribution in [0.2, 0.25) is 0 Å².